The molecule has 1 aliphatic heterocycles. The van der Waals surface area contributed by atoms with Gasteiger partial charge in [-0.1, -0.05) is 49.2 Å². The summed E-state index contributed by atoms with van der Waals surface area (Å²) >= 11 is 13.1. The van der Waals surface area contributed by atoms with Crippen LogP contribution in [0.1, 0.15) is 44.0 Å². The number of halogens is 4. The van der Waals surface area contributed by atoms with Gasteiger partial charge in [0.1, 0.15) is 11.3 Å². The highest BCUT2D eigenvalue weighted by Gasteiger charge is 2.35. The molecule has 0 bridgehead atoms. The van der Waals surface area contributed by atoms with Gasteiger partial charge < -0.3 is 9.88 Å². The minimum atomic E-state index is -3.27. The maximum atomic E-state index is 13.6. The SMILES string of the molecule is CCS(=O)(=O)c1ccc([C@H](C)c2nc3c(Cl)c(N4CCC(F)(F)CC4)c(Cl)cc3[nH]2)cc1. The van der Waals surface area contributed by atoms with Crippen molar-refractivity contribution in [1.29, 1.82) is 0 Å². The van der Waals surface area contributed by atoms with Crippen molar-refractivity contribution in [2.45, 2.75) is 43.4 Å². The summed E-state index contributed by atoms with van der Waals surface area (Å²) in [6.07, 6.45) is -0.491. The van der Waals surface area contributed by atoms with E-state index in [1.54, 1.807) is 42.2 Å². The molecule has 0 saturated carbocycles. The van der Waals surface area contributed by atoms with E-state index in [0.717, 1.165) is 5.56 Å². The van der Waals surface area contributed by atoms with Crippen LogP contribution in [0.25, 0.3) is 11.0 Å². The summed E-state index contributed by atoms with van der Waals surface area (Å²) in [6.45, 7) is 3.89. The number of sulfone groups is 1. The summed E-state index contributed by atoms with van der Waals surface area (Å²) in [5.74, 6) is -2.14. The van der Waals surface area contributed by atoms with Gasteiger partial charge >= 0.3 is 0 Å². The van der Waals surface area contributed by atoms with E-state index in [-0.39, 0.29) is 42.5 Å². The normalized spacial score (nSPS) is 17.6. The number of nitrogens with one attached hydrogen (secondary N) is 1. The summed E-state index contributed by atoms with van der Waals surface area (Å²) in [5.41, 5.74) is 2.59. The van der Waals surface area contributed by atoms with Crippen molar-refractivity contribution in [2.75, 3.05) is 23.7 Å². The second kappa shape index (κ2) is 8.47. The highest BCUT2D eigenvalue weighted by Crippen LogP contribution is 2.42. The van der Waals surface area contributed by atoms with Gasteiger partial charge in [-0.05, 0) is 23.8 Å². The Hall–Kier alpha value is -1.90. The molecule has 0 unspecified atom stereocenters. The molecule has 1 aromatic heterocycles. The zero-order chi connectivity index (χ0) is 23.3. The van der Waals surface area contributed by atoms with E-state index in [2.05, 4.69) is 9.97 Å². The molecule has 1 aliphatic rings. The van der Waals surface area contributed by atoms with Crippen LogP contribution in [-0.2, 0) is 9.84 Å². The lowest BCUT2D eigenvalue weighted by Crippen LogP contribution is -2.39. The van der Waals surface area contributed by atoms with Gasteiger partial charge in [-0.2, -0.15) is 0 Å². The van der Waals surface area contributed by atoms with Crippen molar-refractivity contribution in [3.8, 4) is 0 Å². The number of benzene rings is 2. The zero-order valence-corrected chi connectivity index (χ0v) is 20.0. The van der Waals surface area contributed by atoms with Gasteiger partial charge in [-0.3, -0.25) is 0 Å². The fourth-order valence-corrected chi connectivity index (χ4v) is 5.55. The van der Waals surface area contributed by atoms with Crippen LogP contribution in [0, 0.1) is 0 Å². The molecule has 2 heterocycles. The second-order valence-electron chi connectivity index (χ2n) is 8.08. The fraction of sp³-hybridized carbons (Fsp3) is 0.409. The standard InChI is InChI=1S/C22H23Cl2F2N3O2S/c1-3-32(30,31)15-6-4-14(5-7-15)13(2)21-27-17-12-16(23)20(18(24)19(17)28-21)29-10-8-22(25,26)9-11-29/h4-7,12-13H,3,8-11H2,1-2H3,(H,27,28)/t13-/m0/s1. The number of H-pyrrole nitrogens is 1. The van der Waals surface area contributed by atoms with Gasteiger partial charge in [-0.15, -0.1) is 0 Å². The summed E-state index contributed by atoms with van der Waals surface area (Å²) in [5, 5.41) is 0.710. The summed E-state index contributed by atoms with van der Waals surface area (Å²) in [7, 11) is -3.27. The lowest BCUT2D eigenvalue weighted by atomic mass is 10.0. The number of anilines is 1. The van der Waals surface area contributed by atoms with Crippen LogP contribution in [0.5, 0.6) is 0 Å². The topological polar surface area (TPSA) is 66.1 Å². The molecule has 0 radical (unpaired) electrons. The Labute approximate surface area is 195 Å². The Bertz CT molecular complexity index is 1250. The predicted octanol–water partition coefficient (Wildman–Crippen LogP) is 6.05. The van der Waals surface area contributed by atoms with E-state index in [4.69, 9.17) is 23.2 Å². The van der Waals surface area contributed by atoms with E-state index >= 15 is 0 Å². The lowest BCUT2D eigenvalue weighted by molar-refractivity contribution is -0.0220. The van der Waals surface area contributed by atoms with Crippen LogP contribution in [0.15, 0.2) is 35.2 Å². The monoisotopic (exact) mass is 501 g/mol. The number of rotatable bonds is 5. The lowest BCUT2D eigenvalue weighted by Gasteiger charge is -2.34. The quantitative estimate of drug-likeness (QED) is 0.461. The van der Waals surface area contributed by atoms with E-state index in [9.17, 15) is 17.2 Å². The van der Waals surface area contributed by atoms with Crippen molar-refractivity contribution in [1.82, 2.24) is 9.97 Å². The Balaban J connectivity index is 1.66. The smallest absolute Gasteiger partial charge is 0.251 e. The van der Waals surface area contributed by atoms with E-state index in [1.807, 2.05) is 6.92 Å². The fourth-order valence-electron chi connectivity index (χ4n) is 3.93. The summed E-state index contributed by atoms with van der Waals surface area (Å²) < 4.78 is 51.2. The average molecular weight is 502 g/mol. The van der Waals surface area contributed by atoms with Gasteiger partial charge in [0.2, 0.25) is 0 Å². The van der Waals surface area contributed by atoms with Gasteiger partial charge in [0, 0.05) is 31.8 Å². The first-order chi connectivity index (χ1) is 15.0. The van der Waals surface area contributed by atoms with Crippen LogP contribution in [0.2, 0.25) is 10.0 Å². The molecule has 0 aliphatic carbocycles. The first kappa shape index (κ1) is 23.3. The molecular weight excluding hydrogens is 479 g/mol. The molecule has 1 saturated heterocycles. The number of piperidine rings is 1. The van der Waals surface area contributed by atoms with Crippen LogP contribution in [0.4, 0.5) is 14.5 Å². The third-order valence-corrected chi connectivity index (χ3v) is 8.40. The molecule has 0 spiro atoms. The molecule has 3 aromatic rings. The molecule has 4 rings (SSSR count). The van der Waals surface area contributed by atoms with Crippen LogP contribution >= 0.6 is 23.2 Å². The van der Waals surface area contributed by atoms with Crippen molar-refractivity contribution in [2.24, 2.45) is 0 Å². The number of hydrogen-bond donors (Lipinski definition) is 1. The van der Waals surface area contributed by atoms with E-state index in [1.165, 1.54) is 0 Å². The molecule has 1 atom stereocenters. The minimum Gasteiger partial charge on any atom is -0.369 e. The Morgan fingerprint density at radius 2 is 1.81 bits per heavy atom. The van der Waals surface area contributed by atoms with Gasteiger partial charge in [-0.25, -0.2) is 22.2 Å². The highest BCUT2D eigenvalue weighted by atomic mass is 35.5. The molecular formula is C22H23Cl2F2N3O2S. The third kappa shape index (κ3) is 4.32. The molecule has 10 heteroatoms. The van der Waals surface area contributed by atoms with Crippen molar-refractivity contribution in [3.05, 3.63) is 51.8 Å². The first-order valence-corrected chi connectivity index (χ1v) is 12.8. The largest absolute Gasteiger partial charge is 0.369 e. The molecule has 172 valence electrons. The number of nitrogens with zero attached hydrogens (tertiary/aromatic N) is 2. The molecule has 1 fully saturated rings. The van der Waals surface area contributed by atoms with E-state index in [0.29, 0.717) is 32.6 Å². The van der Waals surface area contributed by atoms with Crippen molar-refractivity contribution < 1.29 is 17.2 Å². The van der Waals surface area contributed by atoms with Crippen LogP contribution < -0.4 is 4.90 Å². The van der Waals surface area contributed by atoms with E-state index < -0.39 is 15.8 Å². The number of aromatic nitrogens is 2. The van der Waals surface area contributed by atoms with Crippen molar-refractivity contribution >= 4 is 49.8 Å². The van der Waals surface area contributed by atoms with Gasteiger partial charge in [0.15, 0.2) is 9.84 Å². The van der Waals surface area contributed by atoms with Gasteiger partial charge in [0.25, 0.3) is 5.92 Å². The molecule has 2 aromatic carbocycles. The van der Waals surface area contributed by atoms with Crippen LogP contribution in [-0.4, -0.2) is 43.2 Å². The number of fused-ring (bicyclic) bond motifs is 1. The zero-order valence-electron chi connectivity index (χ0n) is 17.6. The first-order valence-electron chi connectivity index (χ1n) is 10.4. The number of alkyl halides is 2. The minimum absolute atomic E-state index is 0.0434. The molecule has 0 amide bonds. The molecule has 32 heavy (non-hydrogen) atoms. The van der Waals surface area contributed by atoms with Crippen molar-refractivity contribution in [3.63, 3.8) is 0 Å². The number of aromatic amines is 1. The number of imidazole rings is 1. The Morgan fingerprint density at radius 1 is 1.19 bits per heavy atom. The average Bonchev–Trinajstić information content (AvgIpc) is 3.18. The maximum Gasteiger partial charge on any atom is 0.251 e. The Kier molecular flexibility index (Phi) is 6.15. The molecule has 1 N–H and O–H groups in total. The summed E-state index contributed by atoms with van der Waals surface area (Å²) in [6, 6.07) is 8.45. The second-order valence-corrected chi connectivity index (χ2v) is 11.1. The Morgan fingerprint density at radius 3 is 2.41 bits per heavy atom. The number of hydrogen-bond acceptors (Lipinski definition) is 4. The highest BCUT2D eigenvalue weighted by molar-refractivity contribution is 7.91. The summed E-state index contributed by atoms with van der Waals surface area (Å²) in [4.78, 5) is 9.97. The maximum absolute atomic E-state index is 13.6. The van der Waals surface area contributed by atoms with Crippen LogP contribution in [0.3, 0.4) is 0 Å². The third-order valence-electron chi connectivity index (χ3n) is 6.00. The molecule has 5 nitrogen and oxygen atoms in total. The predicted molar refractivity (Wildman–Crippen MR) is 124 cm³/mol. The van der Waals surface area contributed by atoms with Gasteiger partial charge in [0.05, 0.1) is 31.9 Å².